The van der Waals surface area contributed by atoms with E-state index in [9.17, 15) is 9.59 Å². The Morgan fingerprint density at radius 2 is 1.94 bits per heavy atom. The number of hydrogen-bond acceptors (Lipinski definition) is 5. The average molecular weight is 514 g/mol. The van der Waals surface area contributed by atoms with Crippen molar-refractivity contribution < 1.29 is 13.9 Å². The van der Waals surface area contributed by atoms with E-state index < -0.39 is 6.04 Å². The molecule has 9 heteroatoms. The van der Waals surface area contributed by atoms with Crippen molar-refractivity contribution in [1.29, 1.82) is 0 Å². The van der Waals surface area contributed by atoms with Crippen LogP contribution < -0.4 is 5.56 Å². The van der Waals surface area contributed by atoms with Gasteiger partial charge in [-0.05, 0) is 48.9 Å². The molecule has 2 aromatic carbocycles. The van der Waals surface area contributed by atoms with Crippen LogP contribution in [0.15, 0.2) is 70.1 Å². The van der Waals surface area contributed by atoms with Crippen LogP contribution >= 0.6 is 23.2 Å². The molecule has 4 aromatic rings. The first-order valence-corrected chi connectivity index (χ1v) is 12.0. The number of ether oxygens (including phenoxy) is 1. The van der Waals surface area contributed by atoms with Gasteiger partial charge in [0.15, 0.2) is 0 Å². The third-order valence-electron chi connectivity index (χ3n) is 5.80. The largest absolute Gasteiger partial charge is 0.467 e. The minimum absolute atomic E-state index is 0.178. The maximum atomic E-state index is 13.8. The molecular formula is C26H25Cl2N3O4. The number of furan rings is 1. The first kappa shape index (κ1) is 25.0. The smallest absolute Gasteiger partial charge is 0.261 e. The summed E-state index contributed by atoms with van der Waals surface area (Å²) in [5.41, 5.74) is 0.761. The summed E-state index contributed by atoms with van der Waals surface area (Å²) in [4.78, 5) is 33.8. The Labute approximate surface area is 212 Å². The molecule has 0 bridgehead atoms. The van der Waals surface area contributed by atoms with Crippen LogP contribution in [0.4, 0.5) is 0 Å². The molecule has 0 N–H and O–H groups in total. The van der Waals surface area contributed by atoms with Gasteiger partial charge in [-0.3, -0.25) is 14.2 Å². The molecule has 1 atom stereocenters. The number of para-hydroxylation sites is 1. The van der Waals surface area contributed by atoms with Crippen LogP contribution in [0.3, 0.4) is 0 Å². The van der Waals surface area contributed by atoms with E-state index in [1.807, 2.05) is 13.0 Å². The third-order valence-corrected chi connectivity index (χ3v) is 6.54. The second-order valence-electron chi connectivity index (χ2n) is 8.00. The van der Waals surface area contributed by atoms with Gasteiger partial charge in [-0.15, -0.1) is 0 Å². The molecule has 0 fully saturated rings. The highest BCUT2D eigenvalue weighted by Crippen LogP contribution is 2.30. The zero-order valence-electron chi connectivity index (χ0n) is 19.4. The fourth-order valence-corrected chi connectivity index (χ4v) is 4.37. The van der Waals surface area contributed by atoms with Crippen molar-refractivity contribution in [2.45, 2.75) is 32.5 Å². The third kappa shape index (κ3) is 5.27. The van der Waals surface area contributed by atoms with Crippen molar-refractivity contribution in [2.24, 2.45) is 0 Å². The minimum atomic E-state index is -0.531. The van der Waals surface area contributed by atoms with Gasteiger partial charge in [-0.1, -0.05) is 42.3 Å². The molecule has 35 heavy (non-hydrogen) atoms. The van der Waals surface area contributed by atoms with Crippen LogP contribution in [-0.2, 0) is 17.8 Å². The summed E-state index contributed by atoms with van der Waals surface area (Å²) in [6.07, 6.45) is 2.06. The molecule has 0 radical (unpaired) electrons. The number of halogens is 2. The van der Waals surface area contributed by atoms with Gasteiger partial charge in [0.25, 0.3) is 11.5 Å². The standard InChI is InChI=1S/C26H25Cl2N3O4/c1-3-23(24-29-22-9-5-4-8-19(22)26(33)30(24)12-14-34-2)31(16-18-7-6-13-35-18)25(32)17-10-11-20(27)21(28)15-17/h4-11,13,15,23H,3,12,14,16H2,1-2H3. The second kappa shape index (κ2) is 11.1. The molecule has 2 heterocycles. The molecule has 1 amide bonds. The van der Waals surface area contributed by atoms with Gasteiger partial charge in [0, 0.05) is 12.7 Å². The number of benzene rings is 2. The molecule has 0 spiro atoms. The van der Waals surface area contributed by atoms with E-state index in [0.29, 0.717) is 52.6 Å². The highest BCUT2D eigenvalue weighted by atomic mass is 35.5. The molecule has 4 rings (SSSR count). The SMILES string of the molecule is CCC(c1nc2ccccc2c(=O)n1CCOC)N(Cc1ccco1)C(=O)c1ccc(Cl)c(Cl)c1. The van der Waals surface area contributed by atoms with Crippen molar-refractivity contribution in [3.8, 4) is 0 Å². The summed E-state index contributed by atoms with van der Waals surface area (Å²) >= 11 is 12.3. The molecule has 0 saturated carbocycles. The zero-order chi connectivity index (χ0) is 24.9. The number of amides is 1. The summed E-state index contributed by atoms with van der Waals surface area (Å²) in [6, 6.07) is 15.0. The van der Waals surface area contributed by atoms with Crippen molar-refractivity contribution in [3.63, 3.8) is 0 Å². The predicted molar refractivity (Wildman–Crippen MR) is 136 cm³/mol. The first-order valence-electron chi connectivity index (χ1n) is 11.2. The first-order chi connectivity index (χ1) is 16.9. The van der Waals surface area contributed by atoms with Crippen molar-refractivity contribution in [3.05, 3.63) is 98.4 Å². The van der Waals surface area contributed by atoms with Crippen LogP contribution in [0.2, 0.25) is 10.0 Å². The Hall–Kier alpha value is -3.13. The lowest BCUT2D eigenvalue weighted by Crippen LogP contribution is -2.39. The molecule has 182 valence electrons. The number of aromatic nitrogens is 2. The van der Waals surface area contributed by atoms with Gasteiger partial charge in [0.05, 0.1) is 52.9 Å². The Morgan fingerprint density at radius 3 is 2.63 bits per heavy atom. The summed E-state index contributed by atoms with van der Waals surface area (Å²) in [7, 11) is 1.58. The maximum absolute atomic E-state index is 13.8. The van der Waals surface area contributed by atoms with Crippen LogP contribution in [-0.4, -0.2) is 34.1 Å². The molecule has 0 aliphatic heterocycles. The van der Waals surface area contributed by atoms with E-state index in [4.69, 9.17) is 37.3 Å². The van der Waals surface area contributed by atoms with E-state index in [2.05, 4.69) is 0 Å². The molecule has 0 saturated heterocycles. The molecule has 0 aliphatic rings. The van der Waals surface area contributed by atoms with E-state index in [0.717, 1.165) is 0 Å². The minimum Gasteiger partial charge on any atom is -0.467 e. The van der Waals surface area contributed by atoms with Gasteiger partial charge in [-0.2, -0.15) is 0 Å². The zero-order valence-corrected chi connectivity index (χ0v) is 20.9. The van der Waals surface area contributed by atoms with Gasteiger partial charge in [0.2, 0.25) is 0 Å². The number of hydrogen-bond donors (Lipinski definition) is 0. The molecule has 2 aromatic heterocycles. The van der Waals surface area contributed by atoms with Gasteiger partial charge in [0.1, 0.15) is 11.6 Å². The summed E-state index contributed by atoms with van der Waals surface area (Å²) in [5, 5.41) is 1.15. The van der Waals surface area contributed by atoms with Gasteiger partial charge in [-0.25, -0.2) is 4.98 Å². The lowest BCUT2D eigenvalue weighted by Gasteiger charge is -2.32. The normalized spacial score (nSPS) is 12.1. The second-order valence-corrected chi connectivity index (χ2v) is 8.82. The number of rotatable bonds is 9. The predicted octanol–water partition coefficient (Wildman–Crippen LogP) is 5.74. The summed E-state index contributed by atoms with van der Waals surface area (Å²) in [6.45, 7) is 2.75. The van der Waals surface area contributed by atoms with E-state index in [1.54, 1.807) is 71.4 Å². The highest BCUT2D eigenvalue weighted by Gasteiger charge is 2.30. The van der Waals surface area contributed by atoms with Gasteiger partial charge < -0.3 is 14.1 Å². The van der Waals surface area contributed by atoms with E-state index in [1.165, 1.54) is 0 Å². The topological polar surface area (TPSA) is 77.6 Å². The molecular weight excluding hydrogens is 489 g/mol. The van der Waals surface area contributed by atoms with Crippen LogP contribution in [0.5, 0.6) is 0 Å². The van der Waals surface area contributed by atoms with Crippen LogP contribution in [0, 0.1) is 0 Å². The average Bonchev–Trinajstić information content (AvgIpc) is 3.38. The van der Waals surface area contributed by atoms with Crippen molar-refractivity contribution in [2.75, 3.05) is 13.7 Å². The lowest BCUT2D eigenvalue weighted by atomic mass is 10.1. The fourth-order valence-electron chi connectivity index (χ4n) is 4.07. The Balaban J connectivity index is 1.87. The Kier molecular flexibility index (Phi) is 7.90. The number of methoxy groups -OCH3 is 1. The van der Waals surface area contributed by atoms with Gasteiger partial charge >= 0.3 is 0 Å². The highest BCUT2D eigenvalue weighted by molar-refractivity contribution is 6.42. The molecule has 7 nitrogen and oxygen atoms in total. The monoisotopic (exact) mass is 513 g/mol. The molecule has 0 aliphatic carbocycles. The number of fused-ring (bicyclic) bond motifs is 1. The molecule has 1 unspecified atom stereocenters. The fraction of sp³-hybridized carbons (Fsp3) is 0.269. The van der Waals surface area contributed by atoms with Crippen molar-refractivity contribution >= 4 is 40.0 Å². The van der Waals surface area contributed by atoms with Crippen molar-refractivity contribution in [1.82, 2.24) is 14.5 Å². The Bertz CT molecular complexity index is 1390. The number of carbonyl (C=O) groups excluding carboxylic acids is 1. The quantitative estimate of drug-likeness (QED) is 0.285. The van der Waals surface area contributed by atoms with Crippen LogP contribution in [0.25, 0.3) is 10.9 Å². The lowest BCUT2D eigenvalue weighted by molar-refractivity contribution is 0.0619. The number of carbonyl (C=O) groups is 1. The summed E-state index contributed by atoms with van der Waals surface area (Å²) in [5.74, 6) is 0.796. The van der Waals surface area contributed by atoms with E-state index in [-0.39, 0.29) is 23.0 Å². The number of nitrogens with zero attached hydrogens (tertiary/aromatic N) is 3. The Morgan fingerprint density at radius 1 is 1.14 bits per heavy atom. The van der Waals surface area contributed by atoms with E-state index >= 15 is 0 Å². The maximum Gasteiger partial charge on any atom is 0.261 e. The van der Waals surface area contributed by atoms with Crippen LogP contribution in [0.1, 0.15) is 41.3 Å². The summed E-state index contributed by atoms with van der Waals surface area (Å²) < 4.78 is 12.4.